The summed E-state index contributed by atoms with van der Waals surface area (Å²) < 4.78 is 10.6. The zero-order valence-corrected chi connectivity index (χ0v) is 12.3. The van der Waals surface area contributed by atoms with Crippen LogP contribution in [-0.2, 0) is 4.79 Å². The number of amides is 1. The Morgan fingerprint density at radius 2 is 2.15 bits per heavy atom. The average Bonchev–Trinajstić information content (AvgIpc) is 2.49. The van der Waals surface area contributed by atoms with E-state index < -0.39 is 0 Å². The molecule has 20 heavy (non-hydrogen) atoms. The summed E-state index contributed by atoms with van der Waals surface area (Å²) in [6, 6.07) is 5.44. The average molecular weight is 278 g/mol. The number of anilines is 1. The first kappa shape index (κ1) is 14.7. The molecular weight excluding hydrogens is 256 g/mol. The molecule has 1 atom stereocenters. The number of benzene rings is 1. The summed E-state index contributed by atoms with van der Waals surface area (Å²) in [5.41, 5.74) is 0.806. The number of hydrogen-bond donors (Lipinski definition) is 1. The Hall–Kier alpha value is -1.75. The zero-order chi connectivity index (χ0) is 14.5. The topological polar surface area (TPSA) is 50.8 Å². The number of ether oxygens (including phenoxy) is 2. The molecule has 2 rings (SSSR count). The summed E-state index contributed by atoms with van der Waals surface area (Å²) in [6.07, 6.45) is 1.88. The normalized spacial score (nSPS) is 19.1. The van der Waals surface area contributed by atoms with Gasteiger partial charge in [0.15, 0.2) is 0 Å². The van der Waals surface area contributed by atoms with Crippen LogP contribution >= 0.6 is 0 Å². The fraction of sp³-hybridized carbons (Fsp3) is 0.533. The molecule has 1 aromatic rings. The molecule has 1 unspecified atom stereocenters. The van der Waals surface area contributed by atoms with Crippen LogP contribution in [0.1, 0.15) is 19.8 Å². The summed E-state index contributed by atoms with van der Waals surface area (Å²) in [5, 5.41) is 3.24. The number of rotatable bonds is 5. The van der Waals surface area contributed by atoms with Crippen LogP contribution in [0.5, 0.6) is 11.5 Å². The van der Waals surface area contributed by atoms with E-state index in [1.165, 1.54) is 0 Å². The number of likely N-dealkylation sites (N-methyl/N-ethyl adjacent to an activating group) is 1. The van der Waals surface area contributed by atoms with Crippen molar-refractivity contribution in [1.29, 1.82) is 0 Å². The molecule has 1 heterocycles. The molecule has 5 heteroatoms. The van der Waals surface area contributed by atoms with Crippen molar-refractivity contribution in [2.45, 2.75) is 25.8 Å². The van der Waals surface area contributed by atoms with Gasteiger partial charge in [-0.25, -0.2) is 0 Å². The van der Waals surface area contributed by atoms with Crippen LogP contribution in [0.25, 0.3) is 0 Å². The standard InChI is InChI=1S/C15H22N2O3/c1-4-16-12-6-5-9-17(15(12)18)13-8-7-11(19-2)10-14(13)20-3/h7-8,10,12,16H,4-6,9H2,1-3H3. The molecule has 0 bridgehead atoms. The van der Waals surface area contributed by atoms with Gasteiger partial charge in [0.1, 0.15) is 11.5 Å². The molecule has 1 fully saturated rings. The van der Waals surface area contributed by atoms with Crippen molar-refractivity contribution in [3.05, 3.63) is 18.2 Å². The lowest BCUT2D eigenvalue weighted by Crippen LogP contribution is -2.50. The summed E-state index contributed by atoms with van der Waals surface area (Å²) >= 11 is 0. The van der Waals surface area contributed by atoms with Crippen molar-refractivity contribution in [3.63, 3.8) is 0 Å². The number of nitrogens with one attached hydrogen (secondary N) is 1. The van der Waals surface area contributed by atoms with Gasteiger partial charge in [-0.2, -0.15) is 0 Å². The fourth-order valence-electron chi connectivity index (χ4n) is 2.56. The van der Waals surface area contributed by atoms with Crippen LogP contribution < -0.4 is 19.7 Å². The SMILES string of the molecule is CCNC1CCCN(c2ccc(OC)cc2OC)C1=O. The molecule has 0 aliphatic carbocycles. The highest BCUT2D eigenvalue weighted by Gasteiger charge is 2.30. The molecular formula is C15H22N2O3. The predicted molar refractivity (Wildman–Crippen MR) is 78.6 cm³/mol. The summed E-state index contributed by atoms with van der Waals surface area (Å²) in [7, 11) is 3.22. The Morgan fingerprint density at radius 3 is 2.80 bits per heavy atom. The molecule has 0 saturated carbocycles. The third kappa shape index (κ3) is 2.88. The van der Waals surface area contributed by atoms with Gasteiger partial charge in [-0.1, -0.05) is 6.92 Å². The molecule has 0 aromatic heterocycles. The minimum Gasteiger partial charge on any atom is -0.497 e. The smallest absolute Gasteiger partial charge is 0.244 e. The van der Waals surface area contributed by atoms with E-state index in [4.69, 9.17) is 9.47 Å². The highest BCUT2D eigenvalue weighted by molar-refractivity contribution is 5.99. The lowest BCUT2D eigenvalue weighted by atomic mass is 10.0. The number of piperidine rings is 1. The molecule has 1 aromatic carbocycles. The number of nitrogens with zero attached hydrogens (tertiary/aromatic N) is 1. The van der Waals surface area contributed by atoms with E-state index in [-0.39, 0.29) is 11.9 Å². The van der Waals surface area contributed by atoms with Crippen LogP contribution in [0.2, 0.25) is 0 Å². The van der Waals surface area contributed by atoms with Crippen molar-refractivity contribution in [2.24, 2.45) is 0 Å². The number of carbonyl (C=O) groups is 1. The minimum absolute atomic E-state index is 0.0967. The van der Waals surface area contributed by atoms with Gasteiger partial charge in [-0.3, -0.25) is 4.79 Å². The molecule has 110 valence electrons. The summed E-state index contributed by atoms with van der Waals surface area (Å²) in [4.78, 5) is 14.3. The van der Waals surface area contributed by atoms with E-state index in [1.54, 1.807) is 25.2 Å². The Balaban J connectivity index is 2.27. The second-order valence-electron chi connectivity index (χ2n) is 4.78. The second kappa shape index (κ2) is 6.61. The van der Waals surface area contributed by atoms with Gasteiger partial charge in [0.2, 0.25) is 5.91 Å². The number of methoxy groups -OCH3 is 2. The fourth-order valence-corrected chi connectivity index (χ4v) is 2.56. The van der Waals surface area contributed by atoms with Crippen LogP contribution in [0.15, 0.2) is 18.2 Å². The van der Waals surface area contributed by atoms with Crippen molar-refractivity contribution in [1.82, 2.24) is 5.32 Å². The Morgan fingerprint density at radius 1 is 1.35 bits per heavy atom. The molecule has 1 N–H and O–H groups in total. The van der Waals surface area contributed by atoms with Gasteiger partial charge in [0.05, 0.1) is 25.9 Å². The van der Waals surface area contributed by atoms with E-state index in [2.05, 4.69) is 5.32 Å². The van der Waals surface area contributed by atoms with Crippen LogP contribution in [0, 0.1) is 0 Å². The van der Waals surface area contributed by atoms with E-state index in [1.807, 2.05) is 19.1 Å². The maximum atomic E-state index is 12.5. The van der Waals surface area contributed by atoms with Gasteiger partial charge >= 0.3 is 0 Å². The van der Waals surface area contributed by atoms with Crippen LogP contribution in [-0.4, -0.2) is 39.3 Å². The first-order valence-electron chi connectivity index (χ1n) is 6.98. The van der Waals surface area contributed by atoms with Crippen molar-refractivity contribution in [2.75, 3.05) is 32.2 Å². The third-order valence-corrected chi connectivity index (χ3v) is 3.57. The van der Waals surface area contributed by atoms with E-state index in [0.29, 0.717) is 5.75 Å². The van der Waals surface area contributed by atoms with E-state index in [9.17, 15) is 4.79 Å². The minimum atomic E-state index is -0.0967. The molecule has 1 amide bonds. The molecule has 0 radical (unpaired) electrons. The first-order valence-corrected chi connectivity index (χ1v) is 6.98. The van der Waals surface area contributed by atoms with Crippen molar-refractivity contribution >= 4 is 11.6 Å². The zero-order valence-electron chi connectivity index (χ0n) is 12.3. The molecule has 0 spiro atoms. The third-order valence-electron chi connectivity index (χ3n) is 3.57. The van der Waals surface area contributed by atoms with Crippen molar-refractivity contribution in [3.8, 4) is 11.5 Å². The van der Waals surface area contributed by atoms with Gasteiger partial charge in [-0.15, -0.1) is 0 Å². The van der Waals surface area contributed by atoms with Crippen LogP contribution in [0.4, 0.5) is 5.69 Å². The molecule has 5 nitrogen and oxygen atoms in total. The van der Waals surface area contributed by atoms with Gasteiger partial charge < -0.3 is 19.7 Å². The number of hydrogen-bond acceptors (Lipinski definition) is 4. The summed E-state index contributed by atoms with van der Waals surface area (Å²) in [6.45, 7) is 3.54. The number of carbonyl (C=O) groups excluding carboxylic acids is 1. The lowest BCUT2D eigenvalue weighted by Gasteiger charge is -2.33. The Kier molecular flexibility index (Phi) is 4.84. The van der Waals surface area contributed by atoms with Crippen LogP contribution in [0.3, 0.4) is 0 Å². The molecule has 1 aliphatic rings. The maximum Gasteiger partial charge on any atom is 0.244 e. The van der Waals surface area contributed by atoms with Gasteiger partial charge in [-0.05, 0) is 31.5 Å². The quantitative estimate of drug-likeness (QED) is 0.892. The van der Waals surface area contributed by atoms with Gasteiger partial charge in [0, 0.05) is 12.6 Å². The van der Waals surface area contributed by atoms with Crippen molar-refractivity contribution < 1.29 is 14.3 Å². The monoisotopic (exact) mass is 278 g/mol. The van der Waals surface area contributed by atoms with E-state index >= 15 is 0 Å². The first-order chi connectivity index (χ1) is 9.71. The largest absolute Gasteiger partial charge is 0.497 e. The predicted octanol–water partition coefficient (Wildman–Crippen LogP) is 1.81. The second-order valence-corrected chi connectivity index (χ2v) is 4.78. The lowest BCUT2D eigenvalue weighted by molar-refractivity contribution is -0.121. The molecule has 1 aliphatic heterocycles. The highest BCUT2D eigenvalue weighted by atomic mass is 16.5. The van der Waals surface area contributed by atoms with E-state index in [0.717, 1.165) is 37.4 Å². The Bertz CT molecular complexity index is 474. The maximum absolute atomic E-state index is 12.5. The van der Waals surface area contributed by atoms with Gasteiger partial charge in [0.25, 0.3) is 0 Å². The molecule has 1 saturated heterocycles. The Labute approximate surface area is 119 Å². The summed E-state index contributed by atoms with van der Waals surface area (Å²) in [5.74, 6) is 1.50. The highest BCUT2D eigenvalue weighted by Crippen LogP contribution is 2.34.